The molecule has 212 valence electrons. The molecular formula is C29H34FN5O5. The van der Waals surface area contributed by atoms with Gasteiger partial charge in [0.15, 0.2) is 24.2 Å². The number of halogens is 1. The molecule has 2 saturated heterocycles. The largest absolute Gasteiger partial charge is 0.464 e. The zero-order valence-corrected chi connectivity index (χ0v) is 23.1. The van der Waals surface area contributed by atoms with Crippen LogP contribution in [-0.2, 0) is 14.2 Å². The number of nitrogen functional groups attached to an aromatic ring is 1. The van der Waals surface area contributed by atoms with Crippen molar-refractivity contribution in [3.05, 3.63) is 54.0 Å². The van der Waals surface area contributed by atoms with Crippen molar-refractivity contribution in [1.82, 2.24) is 20.1 Å². The molecule has 2 bridgehead atoms. The molecule has 40 heavy (non-hydrogen) atoms. The fraction of sp³-hybridized carbons (Fsp3) is 0.448. The monoisotopic (exact) mass is 551 g/mol. The normalized spacial score (nSPS) is 20.7. The molecule has 1 unspecified atom stereocenters. The molecule has 1 aromatic carbocycles. The van der Waals surface area contributed by atoms with Gasteiger partial charge in [0.05, 0.1) is 36.7 Å². The Morgan fingerprint density at radius 2 is 1.85 bits per heavy atom. The average Bonchev–Trinajstić information content (AvgIpc) is 2.91. The lowest BCUT2D eigenvalue weighted by Gasteiger charge is -2.48. The number of anilines is 1. The molecule has 4 heterocycles. The molecule has 0 aliphatic carbocycles. The van der Waals surface area contributed by atoms with Crippen LogP contribution in [0.3, 0.4) is 0 Å². The molecule has 3 atom stereocenters. The maximum absolute atomic E-state index is 14.6. The Morgan fingerprint density at radius 3 is 2.55 bits per heavy atom. The first-order chi connectivity index (χ1) is 19.1. The van der Waals surface area contributed by atoms with Crippen LogP contribution in [0.2, 0.25) is 0 Å². The number of benzene rings is 1. The number of aromatic nitrogens is 3. The van der Waals surface area contributed by atoms with E-state index in [0.29, 0.717) is 35.7 Å². The highest BCUT2D eigenvalue weighted by molar-refractivity contribution is 5.77. The van der Waals surface area contributed by atoms with Gasteiger partial charge in [0.25, 0.3) is 0 Å². The van der Waals surface area contributed by atoms with E-state index in [9.17, 15) is 9.18 Å². The van der Waals surface area contributed by atoms with Gasteiger partial charge in [-0.25, -0.2) is 9.18 Å². The van der Waals surface area contributed by atoms with E-state index < -0.39 is 11.4 Å². The van der Waals surface area contributed by atoms with Gasteiger partial charge in [0.1, 0.15) is 5.60 Å². The van der Waals surface area contributed by atoms with Crippen LogP contribution in [0.25, 0.3) is 22.5 Å². The summed E-state index contributed by atoms with van der Waals surface area (Å²) in [4.78, 5) is 19.4. The quantitative estimate of drug-likeness (QED) is 0.431. The molecule has 2 aliphatic rings. The fourth-order valence-electron chi connectivity index (χ4n) is 5.36. The van der Waals surface area contributed by atoms with E-state index in [1.807, 2.05) is 37.8 Å². The SMILES string of the molecule is COCOc1c(F)cccc1-c1cc(-c2cc(C3C[C@H]4COC[C@@H](C3)N4C(=O)OC(C)(C)C)ccn2)c(N)nn1. The predicted octanol–water partition coefficient (Wildman–Crippen LogP) is 4.79. The summed E-state index contributed by atoms with van der Waals surface area (Å²) in [6.07, 6.45) is 2.91. The molecular weight excluding hydrogens is 517 g/mol. The number of amides is 1. The van der Waals surface area contributed by atoms with Gasteiger partial charge < -0.3 is 24.7 Å². The summed E-state index contributed by atoms with van der Waals surface area (Å²) >= 11 is 0. The number of hydrogen-bond acceptors (Lipinski definition) is 9. The molecule has 5 rings (SSSR count). The fourth-order valence-corrected chi connectivity index (χ4v) is 5.36. The Balaban J connectivity index is 1.42. The van der Waals surface area contributed by atoms with Crippen molar-refractivity contribution in [3.8, 4) is 28.3 Å². The number of fused-ring (bicyclic) bond motifs is 2. The average molecular weight is 552 g/mol. The van der Waals surface area contributed by atoms with E-state index in [0.717, 1.165) is 18.4 Å². The molecule has 0 radical (unpaired) electrons. The van der Waals surface area contributed by atoms with E-state index in [4.69, 9.17) is 24.7 Å². The highest BCUT2D eigenvalue weighted by atomic mass is 19.1. The lowest BCUT2D eigenvalue weighted by Crippen LogP contribution is -2.59. The smallest absolute Gasteiger partial charge is 0.410 e. The van der Waals surface area contributed by atoms with Crippen LogP contribution < -0.4 is 10.5 Å². The molecule has 1 amide bonds. The van der Waals surface area contributed by atoms with Crippen LogP contribution in [0.1, 0.15) is 45.1 Å². The number of nitrogens with zero attached hydrogens (tertiary/aromatic N) is 4. The number of piperidine rings is 1. The number of pyridine rings is 1. The minimum absolute atomic E-state index is 0.0154. The molecule has 2 aromatic heterocycles. The van der Waals surface area contributed by atoms with Gasteiger partial charge in [0, 0.05) is 24.4 Å². The Kier molecular flexibility index (Phi) is 7.86. The third kappa shape index (κ3) is 5.85. The van der Waals surface area contributed by atoms with Gasteiger partial charge in [-0.1, -0.05) is 6.07 Å². The van der Waals surface area contributed by atoms with Crippen LogP contribution >= 0.6 is 0 Å². The number of nitrogens with two attached hydrogens (primary N) is 1. The van der Waals surface area contributed by atoms with E-state index in [-0.39, 0.29) is 42.5 Å². The van der Waals surface area contributed by atoms with Gasteiger partial charge in [-0.3, -0.25) is 9.88 Å². The Labute approximate surface area is 232 Å². The summed E-state index contributed by atoms with van der Waals surface area (Å²) in [7, 11) is 1.46. The van der Waals surface area contributed by atoms with Crippen molar-refractivity contribution >= 4 is 11.9 Å². The van der Waals surface area contributed by atoms with Gasteiger partial charge in [-0.05, 0) is 75.4 Å². The standard InChI is InChI=1S/C29H34FN5O5/c1-29(2,3)40-28(36)35-19-10-18(11-20(35)15-38-14-19)17-8-9-32-24(12-17)22-13-25(33-34-27(22)31)21-6-5-7-23(30)26(21)39-16-37-4/h5-9,12-13,18-20H,10-11,14-16H2,1-4H3,(H2,31,34)/t18?,19-,20+. The molecule has 0 saturated carbocycles. The summed E-state index contributed by atoms with van der Waals surface area (Å²) in [5, 5.41) is 8.33. The highest BCUT2D eigenvalue weighted by Crippen LogP contribution is 2.40. The van der Waals surface area contributed by atoms with Crippen molar-refractivity contribution < 1.29 is 28.1 Å². The first-order valence-electron chi connectivity index (χ1n) is 13.2. The van der Waals surface area contributed by atoms with Crippen molar-refractivity contribution in [1.29, 1.82) is 0 Å². The van der Waals surface area contributed by atoms with Gasteiger partial charge in [-0.2, -0.15) is 0 Å². The minimum Gasteiger partial charge on any atom is -0.464 e. The zero-order chi connectivity index (χ0) is 28.4. The van der Waals surface area contributed by atoms with Crippen LogP contribution in [0.5, 0.6) is 5.75 Å². The first-order valence-corrected chi connectivity index (χ1v) is 13.2. The van der Waals surface area contributed by atoms with Crippen LogP contribution in [0, 0.1) is 5.82 Å². The van der Waals surface area contributed by atoms with Crippen molar-refractivity contribution in [2.45, 2.75) is 57.2 Å². The summed E-state index contributed by atoms with van der Waals surface area (Å²) in [6.45, 7) is 6.43. The maximum atomic E-state index is 14.6. The van der Waals surface area contributed by atoms with Crippen LogP contribution in [0.4, 0.5) is 15.0 Å². The number of para-hydroxylation sites is 1. The van der Waals surface area contributed by atoms with E-state index >= 15 is 0 Å². The lowest BCUT2D eigenvalue weighted by atomic mass is 9.81. The van der Waals surface area contributed by atoms with E-state index in [2.05, 4.69) is 15.2 Å². The number of methoxy groups -OCH3 is 1. The zero-order valence-electron chi connectivity index (χ0n) is 23.1. The maximum Gasteiger partial charge on any atom is 0.410 e. The predicted molar refractivity (Wildman–Crippen MR) is 146 cm³/mol. The molecule has 2 aliphatic heterocycles. The third-order valence-electron chi connectivity index (χ3n) is 7.04. The summed E-state index contributed by atoms with van der Waals surface area (Å²) in [6, 6.07) is 10.1. The number of rotatable bonds is 6. The second kappa shape index (κ2) is 11.3. The number of carbonyl (C=O) groups excluding carboxylic acids is 1. The molecule has 11 heteroatoms. The first kappa shape index (κ1) is 27.7. The second-order valence-corrected chi connectivity index (χ2v) is 11.1. The molecule has 3 aromatic rings. The summed E-state index contributed by atoms with van der Waals surface area (Å²) in [5.41, 5.74) is 8.76. The van der Waals surface area contributed by atoms with E-state index in [1.54, 1.807) is 24.4 Å². The molecule has 10 nitrogen and oxygen atoms in total. The number of ether oxygens (including phenoxy) is 4. The topological polar surface area (TPSA) is 122 Å². The number of morpholine rings is 1. The van der Waals surface area contributed by atoms with E-state index in [1.165, 1.54) is 13.2 Å². The molecule has 2 fully saturated rings. The Morgan fingerprint density at radius 1 is 1.10 bits per heavy atom. The van der Waals surface area contributed by atoms with Crippen molar-refractivity contribution in [2.24, 2.45) is 0 Å². The Hall–Kier alpha value is -3.83. The van der Waals surface area contributed by atoms with Gasteiger partial charge >= 0.3 is 6.09 Å². The van der Waals surface area contributed by atoms with Crippen LogP contribution in [-0.4, -0.2) is 71.0 Å². The second-order valence-electron chi connectivity index (χ2n) is 11.1. The number of hydrogen-bond donors (Lipinski definition) is 1. The van der Waals surface area contributed by atoms with Crippen LogP contribution in [0.15, 0.2) is 42.6 Å². The summed E-state index contributed by atoms with van der Waals surface area (Å²) in [5.74, 6) is -0.134. The van der Waals surface area contributed by atoms with Gasteiger partial charge in [-0.15, -0.1) is 10.2 Å². The third-order valence-corrected chi connectivity index (χ3v) is 7.04. The Bertz CT molecular complexity index is 1370. The molecule has 0 spiro atoms. The minimum atomic E-state index is -0.567. The number of carbonyl (C=O) groups is 1. The van der Waals surface area contributed by atoms with Gasteiger partial charge in [0.2, 0.25) is 0 Å². The summed E-state index contributed by atoms with van der Waals surface area (Å²) < 4.78 is 36.5. The lowest BCUT2D eigenvalue weighted by molar-refractivity contribution is -0.0825. The molecule has 2 N–H and O–H groups in total. The van der Waals surface area contributed by atoms with Crippen molar-refractivity contribution in [3.63, 3.8) is 0 Å². The van der Waals surface area contributed by atoms with Crippen molar-refractivity contribution in [2.75, 3.05) is 32.9 Å². The highest BCUT2D eigenvalue weighted by Gasteiger charge is 2.43.